The molecule has 0 amide bonds. The molecular formula is C18H23NO2. The molecule has 0 heterocycles. The first kappa shape index (κ1) is 15.4. The number of ether oxygens (including phenoxy) is 1. The Morgan fingerprint density at radius 3 is 2.19 bits per heavy atom. The minimum Gasteiger partial charge on any atom is -0.497 e. The minimum atomic E-state index is -0.399. The van der Waals surface area contributed by atoms with Gasteiger partial charge in [0.1, 0.15) is 5.75 Å². The average molecular weight is 285 g/mol. The number of aliphatic hydroxyl groups is 1. The normalized spacial score (nSPS) is 13.5. The highest BCUT2D eigenvalue weighted by Crippen LogP contribution is 2.21. The van der Waals surface area contributed by atoms with Crippen LogP contribution in [0.2, 0.25) is 0 Å². The molecule has 0 saturated carbocycles. The quantitative estimate of drug-likeness (QED) is 0.854. The maximum atomic E-state index is 9.78. The van der Waals surface area contributed by atoms with Gasteiger partial charge in [-0.1, -0.05) is 29.8 Å². The van der Waals surface area contributed by atoms with Gasteiger partial charge in [-0.2, -0.15) is 0 Å². The molecule has 0 spiro atoms. The van der Waals surface area contributed by atoms with Crippen molar-refractivity contribution in [1.82, 2.24) is 0 Å². The molecule has 0 aliphatic carbocycles. The highest BCUT2D eigenvalue weighted by atomic mass is 16.5. The van der Waals surface area contributed by atoms with Gasteiger partial charge in [-0.05, 0) is 50.1 Å². The van der Waals surface area contributed by atoms with Crippen LogP contribution in [0.1, 0.15) is 18.1 Å². The maximum absolute atomic E-state index is 9.78. The standard InChI is InChI=1S/C18H23NO2/c1-14-4-8-16(9-5-14)19-18(2,13-20)12-15-6-10-17(21-3)11-7-15/h4-11,19-20H,12-13H2,1-3H3. The van der Waals surface area contributed by atoms with Crippen molar-refractivity contribution in [2.24, 2.45) is 0 Å². The van der Waals surface area contributed by atoms with E-state index >= 15 is 0 Å². The summed E-state index contributed by atoms with van der Waals surface area (Å²) in [5, 5.41) is 13.2. The Morgan fingerprint density at radius 1 is 1.05 bits per heavy atom. The Hall–Kier alpha value is -2.00. The number of methoxy groups -OCH3 is 1. The van der Waals surface area contributed by atoms with Crippen molar-refractivity contribution < 1.29 is 9.84 Å². The molecule has 2 aromatic carbocycles. The molecule has 0 bridgehead atoms. The summed E-state index contributed by atoms with van der Waals surface area (Å²) in [7, 11) is 1.66. The molecule has 0 aliphatic rings. The topological polar surface area (TPSA) is 41.5 Å². The lowest BCUT2D eigenvalue weighted by atomic mass is 9.93. The predicted molar refractivity (Wildman–Crippen MR) is 87.0 cm³/mol. The molecule has 0 fully saturated rings. The highest BCUT2D eigenvalue weighted by molar-refractivity contribution is 5.47. The van der Waals surface area contributed by atoms with Crippen LogP contribution < -0.4 is 10.1 Å². The molecule has 0 radical (unpaired) electrons. The Kier molecular flexibility index (Phi) is 4.86. The minimum absolute atomic E-state index is 0.0624. The number of benzene rings is 2. The molecule has 0 aliphatic heterocycles. The number of hydrogen-bond acceptors (Lipinski definition) is 3. The summed E-state index contributed by atoms with van der Waals surface area (Å²) in [6, 6.07) is 16.2. The van der Waals surface area contributed by atoms with E-state index in [-0.39, 0.29) is 6.61 Å². The molecule has 0 saturated heterocycles. The molecule has 2 rings (SSSR count). The molecule has 0 aromatic heterocycles. The van der Waals surface area contributed by atoms with Gasteiger partial charge in [-0.25, -0.2) is 0 Å². The Bertz CT molecular complexity index is 563. The van der Waals surface area contributed by atoms with Crippen molar-refractivity contribution in [2.75, 3.05) is 19.0 Å². The van der Waals surface area contributed by atoms with Gasteiger partial charge in [0, 0.05) is 5.69 Å². The van der Waals surface area contributed by atoms with Gasteiger partial charge in [-0.15, -0.1) is 0 Å². The van der Waals surface area contributed by atoms with Crippen LogP contribution in [0.5, 0.6) is 5.75 Å². The SMILES string of the molecule is COc1ccc(CC(C)(CO)Nc2ccc(C)cc2)cc1. The maximum Gasteiger partial charge on any atom is 0.118 e. The van der Waals surface area contributed by atoms with Crippen LogP contribution in [-0.4, -0.2) is 24.4 Å². The van der Waals surface area contributed by atoms with Gasteiger partial charge < -0.3 is 15.2 Å². The largest absolute Gasteiger partial charge is 0.497 e. The van der Waals surface area contributed by atoms with E-state index < -0.39 is 5.54 Å². The smallest absolute Gasteiger partial charge is 0.118 e. The predicted octanol–water partition coefficient (Wildman–Crippen LogP) is 3.41. The van der Waals surface area contributed by atoms with E-state index in [9.17, 15) is 5.11 Å². The summed E-state index contributed by atoms with van der Waals surface area (Å²) in [6.45, 7) is 4.15. The second-order valence-corrected chi connectivity index (χ2v) is 5.73. The van der Waals surface area contributed by atoms with Crippen LogP contribution in [0.4, 0.5) is 5.69 Å². The Balaban J connectivity index is 2.10. The van der Waals surface area contributed by atoms with E-state index in [4.69, 9.17) is 4.74 Å². The van der Waals surface area contributed by atoms with Crippen molar-refractivity contribution in [1.29, 1.82) is 0 Å². The molecule has 21 heavy (non-hydrogen) atoms. The average Bonchev–Trinajstić information content (AvgIpc) is 2.50. The van der Waals surface area contributed by atoms with Crippen LogP contribution in [0.15, 0.2) is 48.5 Å². The van der Waals surface area contributed by atoms with E-state index in [1.165, 1.54) is 5.56 Å². The van der Waals surface area contributed by atoms with Crippen LogP contribution >= 0.6 is 0 Å². The first-order valence-corrected chi connectivity index (χ1v) is 7.13. The monoisotopic (exact) mass is 285 g/mol. The first-order chi connectivity index (χ1) is 10.0. The van der Waals surface area contributed by atoms with E-state index in [0.717, 1.165) is 23.4 Å². The van der Waals surface area contributed by atoms with Crippen LogP contribution in [-0.2, 0) is 6.42 Å². The van der Waals surface area contributed by atoms with Crippen molar-refractivity contribution >= 4 is 5.69 Å². The second kappa shape index (κ2) is 6.64. The molecule has 3 nitrogen and oxygen atoms in total. The van der Waals surface area contributed by atoms with E-state index in [0.29, 0.717) is 0 Å². The lowest BCUT2D eigenvalue weighted by molar-refractivity contribution is 0.222. The summed E-state index contributed by atoms with van der Waals surface area (Å²) in [6.07, 6.45) is 0.737. The molecule has 3 heteroatoms. The van der Waals surface area contributed by atoms with E-state index in [1.54, 1.807) is 7.11 Å². The molecule has 1 atom stereocenters. The summed E-state index contributed by atoms with van der Waals surface area (Å²) in [5.74, 6) is 0.843. The van der Waals surface area contributed by atoms with Gasteiger partial charge in [0.05, 0.1) is 19.3 Å². The van der Waals surface area contributed by atoms with E-state index in [1.807, 2.05) is 43.3 Å². The third-order valence-corrected chi connectivity index (χ3v) is 3.60. The molecule has 2 N–H and O–H groups in total. The number of nitrogens with one attached hydrogen (secondary N) is 1. The number of hydrogen-bond donors (Lipinski definition) is 2. The molecule has 1 unspecified atom stereocenters. The fourth-order valence-corrected chi connectivity index (χ4v) is 2.32. The van der Waals surface area contributed by atoms with Crippen molar-refractivity contribution in [3.8, 4) is 5.75 Å². The molecular weight excluding hydrogens is 262 g/mol. The third kappa shape index (κ3) is 4.23. The third-order valence-electron chi connectivity index (χ3n) is 3.60. The van der Waals surface area contributed by atoms with Gasteiger partial charge in [0.15, 0.2) is 0 Å². The fraction of sp³-hybridized carbons (Fsp3) is 0.333. The molecule has 112 valence electrons. The van der Waals surface area contributed by atoms with Crippen LogP contribution in [0.3, 0.4) is 0 Å². The first-order valence-electron chi connectivity index (χ1n) is 7.13. The van der Waals surface area contributed by atoms with Gasteiger partial charge >= 0.3 is 0 Å². The lowest BCUT2D eigenvalue weighted by Gasteiger charge is -2.30. The molecule has 2 aromatic rings. The fourth-order valence-electron chi connectivity index (χ4n) is 2.32. The van der Waals surface area contributed by atoms with Gasteiger partial charge in [0.25, 0.3) is 0 Å². The Labute approximate surface area is 126 Å². The summed E-state index contributed by atoms with van der Waals surface area (Å²) in [4.78, 5) is 0. The van der Waals surface area contributed by atoms with Crippen LogP contribution in [0.25, 0.3) is 0 Å². The number of aliphatic hydroxyl groups excluding tert-OH is 1. The zero-order chi connectivity index (χ0) is 15.3. The van der Waals surface area contributed by atoms with Crippen molar-refractivity contribution in [3.05, 3.63) is 59.7 Å². The lowest BCUT2D eigenvalue weighted by Crippen LogP contribution is -2.41. The second-order valence-electron chi connectivity index (χ2n) is 5.73. The summed E-state index contributed by atoms with van der Waals surface area (Å²) < 4.78 is 5.17. The summed E-state index contributed by atoms with van der Waals surface area (Å²) >= 11 is 0. The zero-order valence-corrected chi connectivity index (χ0v) is 12.9. The number of anilines is 1. The van der Waals surface area contributed by atoms with Gasteiger partial charge in [-0.3, -0.25) is 0 Å². The van der Waals surface area contributed by atoms with Crippen LogP contribution in [0, 0.1) is 6.92 Å². The summed E-state index contributed by atoms with van der Waals surface area (Å²) in [5.41, 5.74) is 3.00. The Morgan fingerprint density at radius 2 is 1.67 bits per heavy atom. The van der Waals surface area contributed by atoms with Gasteiger partial charge in [0.2, 0.25) is 0 Å². The number of aryl methyl sites for hydroxylation is 1. The van der Waals surface area contributed by atoms with Crippen molar-refractivity contribution in [2.45, 2.75) is 25.8 Å². The highest BCUT2D eigenvalue weighted by Gasteiger charge is 2.23. The number of rotatable bonds is 6. The van der Waals surface area contributed by atoms with E-state index in [2.05, 4.69) is 24.4 Å². The zero-order valence-electron chi connectivity index (χ0n) is 12.9. The van der Waals surface area contributed by atoms with Crippen molar-refractivity contribution in [3.63, 3.8) is 0 Å².